The molecular weight excluding hydrogens is 244 g/mol. The number of carboxylic acids is 1. The first kappa shape index (κ1) is 14.3. The monoisotopic (exact) mass is 266 g/mol. The first-order valence-corrected chi connectivity index (χ1v) is 6.94. The maximum atomic E-state index is 12.1. The standard InChI is InChI=1S/C15H22O4/c1-8(14(18)19)11-7-15(3)9(2)12(16)5-4-10(15)6-13(11)17/h7-10,12,16H,4-6H2,1-3H3,(H,18,19)/t8-,9+,10-,12+,15-/m0/s1. The summed E-state index contributed by atoms with van der Waals surface area (Å²) < 4.78 is 0. The van der Waals surface area contributed by atoms with Gasteiger partial charge in [0.05, 0.1) is 12.0 Å². The highest BCUT2D eigenvalue weighted by Gasteiger charge is 2.48. The van der Waals surface area contributed by atoms with E-state index in [1.807, 2.05) is 19.9 Å². The zero-order valence-electron chi connectivity index (χ0n) is 11.7. The normalized spacial score (nSPS) is 40.3. The molecule has 5 atom stereocenters. The van der Waals surface area contributed by atoms with Crippen LogP contribution in [-0.4, -0.2) is 28.1 Å². The Kier molecular flexibility index (Phi) is 3.56. The number of allylic oxidation sites excluding steroid dienone is 1. The molecule has 0 heterocycles. The van der Waals surface area contributed by atoms with Crippen molar-refractivity contribution in [3.63, 3.8) is 0 Å². The van der Waals surface area contributed by atoms with Crippen LogP contribution in [0.15, 0.2) is 11.6 Å². The number of ketones is 1. The summed E-state index contributed by atoms with van der Waals surface area (Å²) in [5.74, 6) is -1.50. The number of carbonyl (C=O) groups excluding carboxylic acids is 1. The number of fused-ring (bicyclic) bond motifs is 1. The Morgan fingerprint density at radius 2 is 2.11 bits per heavy atom. The Morgan fingerprint density at radius 1 is 1.47 bits per heavy atom. The van der Waals surface area contributed by atoms with Crippen LogP contribution < -0.4 is 0 Å². The molecule has 0 spiro atoms. The molecule has 2 aliphatic carbocycles. The molecule has 4 heteroatoms. The lowest BCUT2D eigenvalue weighted by molar-refractivity contribution is -0.141. The molecule has 19 heavy (non-hydrogen) atoms. The summed E-state index contributed by atoms with van der Waals surface area (Å²) >= 11 is 0. The van der Waals surface area contributed by atoms with Gasteiger partial charge in [-0.2, -0.15) is 0 Å². The molecule has 1 saturated carbocycles. The van der Waals surface area contributed by atoms with E-state index in [1.54, 1.807) is 6.92 Å². The van der Waals surface area contributed by atoms with Gasteiger partial charge in [-0.1, -0.05) is 19.9 Å². The fourth-order valence-electron chi connectivity index (χ4n) is 3.55. The molecular formula is C15H22O4. The Bertz CT molecular complexity index is 439. The largest absolute Gasteiger partial charge is 0.481 e. The Labute approximate surface area is 113 Å². The van der Waals surface area contributed by atoms with E-state index in [1.165, 1.54) is 0 Å². The molecule has 2 aliphatic rings. The predicted octanol–water partition coefficient (Wildman–Crippen LogP) is 2.02. The van der Waals surface area contributed by atoms with E-state index in [9.17, 15) is 14.7 Å². The summed E-state index contributed by atoms with van der Waals surface area (Å²) in [5, 5.41) is 19.2. The molecule has 0 aromatic carbocycles. The molecule has 0 aliphatic heterocycles. The second kappa shape index (κ2) is 4.75. The van der Waals surface area contributed by atoms with Gasteiger partial charge in [0, 0.05) is 12.0 Å². The van der Waals surface area contributed by atoms with Crippen molar-refractivity contribution < 1.29 is 19.8 Å². The van der Waals surface area contributed by atoms with E-state index in [4.69, 9.17) is 5.11 Å². The van der Waals surface area contributed by atoms with E-state index >= 15 is 0 Å². The summed E-state index contributed by atoms with van der Waals surface area (Å²) in [6.07, 6.45) is 3.45. The molecule has 0 amide bonds. The average Bonchev–Trinajstić information content (AvgIpc) is 2.35. The molecule has 0 saturated heterocycles. The minimum Gasteiger partial charge on any atom is -0.481 e. The van der Waals surface area contributed by atoms with E-state index in [-0.39, 0.29) is 29.1 Å². The van der Waals surface area contributed by atoms with E-state index in [0.717, 1.165) is 12.8 Å². The highest BCUT2D eigenvalue weighted by Crippen LogP contribution is 2.51. The minimum absolute atomic E-state index is 0.0408. The van der Waals surface area contributed by atoms with E-state index in [0.29, 0.717) is 12.0 Å². The third kappa shape index (κ3) is 2.22. The highest BCUT2D eigenvalue weighted by atomic mass is 16.4. The van der Waals surface area contributed by atoms with Gasteiger partial charge in [0.1, 0.15) is 0 Å². The first-order chi connectivity index (χ1) is 8.77. The van der Waals surface area contributed by atoms with Crippen LogP contribution in [0.2, 0.25) is 0 Å². The van der Waals surface area contributed by atoms with Gasteiger partial charge in [0.15, 0.2) is 5.78 Å². The zero-order valence-corrected chi connectivity index (χ0v) is 11.7. The lowest BCUT2D eigenvalue weighted by Crippen LogP contribution is -2.47. The van der Waals surface area contributed by atoms with Crippen LogP contribution in [-0.2, 0) is 9.59 Å². The summed E-state index contributed by atoms with van der Waals surface area (Å²) in [6, 6.07) is 0. The quantitative estimate of drug-likeness (QED) is 0.802. The molecule has 0 radical (unpaired) electrons. The number of carbonyl (C=O) groups is 2. The average molecular weight is 266 g/mol. The van der Waals surface area contributed by atoms with E-state index < -0.39 is 11.9 Å². The van der Waals surface area contributed by atoms with Crippen LogP contribution in [0.1, 0.15) is 40.0 Å². The van der Waals surface area contributed by atoms with Gasteiger partial charge in [-0.15, -0.1) is 0 Å². The molecule has 4 nitrogen and oxygen atoms in total. The third-order valence-electron chi connectivity index (χ3n) is 5.31. The summed E-state index contributed by atoms with van der Waals surface area (Å²) in [4.78, 5) is 23.2. The first-order valence-electron chi connectivity index (χ1n) is 6.94. The second-order valence-electron chi connectivity index (χ2n) is 6.28. The molecule has 0 aromatic rings. The van der Waals surface area contributed by atoms with Crippen molar-refractivity contribution in [2.24, 2.45) is 23.2 Å². The molecule has 0 aromatic heterocycles. The van der Waals surface area contributed by atoms with Gasteiger partial charge in [0.2, 0.25) is 0 Å². The Morgan fingerprint density at radius 3 is 2.68 bits per heavy atom. The highest BCUT2D eigenvalue weighted by molar-refractivity contribution is 6.01. The lowest BCUT2D eigenvalue weighted by Gasteiger charge is -2.49. The maximum Gasteiger partial charge on any atom is 0.310 e. The van der Waals surface area contributed by atoms with Crippen LogP contribution in [0, 0.1) is 23.2 Å². The van der Waals surface area contributed by atoms with Crippen LogP contribution in [0.4, 0.5) is 0 Å². The number of aliphatic hydroxyl groups is 1. The predicted molar refractivity (Wildman–Crippen MR) is 70.5 cm³/mol. The third-order valence-corrected chi connectivity index (χ3v) is 5.31. The summed E-state index contributed by atoms with van der Waals surface area (Å²) in [7, 11) is 0. The topological polar surface area (TPSA) is 74.6 Å². The summed E-state index contributed by atoms with van der Waals surface area (Å²) in [6.45, 7) is 5.59. The molecule has 1 fully saturated rings. The maximum absolute atomic E-state index is 12.1. The van der Waals surface area contributed by atoms with Crippen molar-refractivity contribution in [2.45, 2.75) is 46.1 Å². The van der Waals surface area contributed by atoms with Gasteiger partial charge in [-0.25, -0.2) is 0 Å². The SMILES string of the molecule is C[C@H](C(=O)O)C1=C[C@]2(C)[C@@H](CC[C@@H](O)[C@H]2C)CC1=O. The van der Waals surface area contributed by atoms with Gasteiger partial charge in [-0.3, -0.25) is 9.59 Å². The smallest absolute Gasteiger partial charge is 0.310 e. The van der Waals surface area contributed by atoms with Crippen molar-refractivity contribution in [1.29, 1.82) is 0 Å². The van der Waals surface area contributed by atoms with Crippen molar-refractivity contribution >= 4 is 11.8 Å². The van der Waals surface area contributed by atoms with Gasteiger partial charge in [-0.05, 0) is 37.0 Å². The number of hydrogen-bond acceptors (Lipinski definition) is 3. The number of hydrogen-bond donors (Lipinski definition) is 2. The molecule has 0 bridgehead atoms. The van der Waals surface area contributed by atoms with Crippen molar-refractivity contribution in [3.05, 3.63) is 11.6 Å². The fourth-order valence-corrected chi connectivity index (χ4v) is 3.55. The Hall–Kier alpha value is -1.16. The summed E-state index contributed by atoms with van der Waals surface area (Å²) in [5.41, 5.74) is 0.136. The van der Waals surface area contributed by atoms with Crippen LogP contribution in [0.5, 0.6) is 0 Å². The van der Waals surface area contributed by atoms with Crippen molar-refractivity contribution in [1.82, 2.24) is 0 Å². The number of rotatable bonds is 2. The van der Waals surface area contributed by atoms with Crippen LogP contribution in [0.3, 0.4) is 0 Å². The van der Waals surface area contributed by atoms with Crippen molar-refractivity contribution in [2.75, 3.05) is 0 Å². The van der Waals surface area contributed by atoms with Crippen LogP contribution in [0.25, 0.3) is 0 Å². The number of aliphatic hydroxyl groups excluding tert-OH is 1. The van der Waals surface area contributed by atoms with Crippen molar-refractivity contribution in [3.8, 4) is 0 Å². The fraction of sp³-hybridized carbons (Fsp3) is 0.733. The van der Waals surface area contributed by atoms with Crippen LogP contribution >= 0.6 is 0 Å². The Balaban J connectivity index is 2.41. The zero-order chi connectivity index (χ0) is 14.4. The number of Topliss-reactive ketones (excluding diaryl/α,β-unsaturated/α-hetero) is 1. The number of carboxylic acid groups (broad SMARTS) is 1. The van der Waals surface area contributed by atoms with Gasteiger partial charge in [0.25, 0.3) is 0 Å². The van der Waals surface area contributed by atoms with E-state index in [2.05, 4.69) is 0 Å². The van der Waals surface area contributed by atoms with Gasteiger partial charge >= 0.3 is 5.97 Å². The second-order valence-corrected chi connectivity index (χ2v) is 6.28. The number of aliphatic carboxylic acids is 1. The molecule has 0 unspecified atom stereocenters. The van der Waals surface area contributed by atoms with Gasteiger partial charge < -0.3 is 10.2 Å². The minimum atomic E-state index is -0.967. The molecule has 106 valence electrons. The lowest BCUT2D eigenvalue weighted by atomic mass is 9.56. The molecule has 2 rings (SSSR count). The molecule has 2 N–H and O–H groups in total.